The number of nitrogens with zero attached hydrogens (tertiary/aromatic N) is 1. The van der Waals surface area contributed by atoms with Gasteiger partial charge < -0.3 is 10.0 Å². The molecule has 0 saturated carbocycles. The second-order valence-corrected chi connectivity index (χ2v) is 8.28. The molecule has 2 rings (SSSR count). The SMILES string of the molecule is O=C(O)C1CCCN(CCS(=O)(=O)c2ccc(Br)cc2)C1. The Hall–Kier alpha value is -0.920. The Kier molecular flexibility index (Phi) is 5.40. The average molecular weight is 376 g/mol. The molecule has 0 bridgehead atoms. The molecule has 1 atom stereocenters. The van der Waals surface area contributed by atoms with Crippen molar-refractivity contribution in [2.24, 2.45) is 5.92 Å². The summed E-state index contributed by atoms with van der Waals surface area (Å²) in [4.78, 5) is 13.2. The molecule has 0 aromatic heterocycles. The van der Waals surface area contributed by atoms with E-state index >= 15 is 0 Å². The minimum atomic E-state index is -3.32. The number of carboxylic acids is 1. The summed E-state index contributed by atoms with van der Waals surface area (Å²) in [6.07, 6.45) is 1.47. The number of hydrogen-bond acceptors (Lipinski definition) is 4. The third kappa shape index (κ3) is 4.52. The Labute approximate surface area is 133 Å². The molecule has 1 unspecified atom stereocenters. The van der Waals surface area contributed by atoms with Gasteiger partial charge >= 0.3 is 5.97 Å². The number of halogens is 1. The number of hydrogen-bond donors (Lipinski definition) is 1. The standard InChI is InChI=1S/C14H18BrNO4S/c15-12-3-5-13(6-4-12)21(19,20)9-8-16-7-1-2-11(10-16)14(17)18/h3-6,11H,1-2,7-10H2,(H,17,18). The molecule has 1 aromatic carbocycles. The van der Waals surface area contributed by atoms with Crippen LogP contribution in [0.3, 0.4) is 0 Å². The molecular formula is C14H18BrNO4S. The average Bonchev–Trinajstić information content (AvgIpc) is 2.46. The Morgan fingerprint density at radius 2 is 2.00 bits per heavy atom. The fourth-order valence-corrected chi connectivity index (χ4v) is 4.02. The lowest BCUT2D eigenvalue weighted by Crippen LogP contribution is -2.40. The van der Waals surface area contributed by atoms with Crippen molar-refractivity contribution in [2.75, 3.05) is 25.4 Å². The van der Waals surface area contributed by atoms with Crippen LogP contribution in [-0.4, -0.2) is 49.8 Å². The van der Waals surface area contributed by atoms with Crippen molar-refractivity contribution >= 4 is 31.7 Å². The highest BCUT2D eigenvalue weighted by Crippen LogP contribution is 2.19. The minimum Gasteiger partial charge on any atom is -0.481 e. The van der Waals surface area contributed by atoms with E-state index in [4.69, 9.17) is 5.11 Å². The molecule has 0 amide bonds. The van der Waals surface area contributed by atoms with Crippen LogP contribution < -0.4 is 0 Å². The van der Waals surface area contributed by atoms with Crippen LogP contribution in [0.2, 0.25) is 0 Å². The molecule has 0 aliphatic carbocycles. The number of benzene rings is 1. The first-order chi connectivity index (χ1) is 9.88. The molecule has 1 fully saturated rings. The van der Waals surface area contributed by atoms with Gasteiger partial charge in [-0.3, -0.25) is 4.79 Å². The minimum absolute atomic E-state index is 0.0149. The van der Waals surface area contributed by atoms with Crippen molar-refractivity contribution in [1.82, 2.24) is 4.90 Å². The van der Waals surface area contributed by atoms with E-state index in [0.717, 1.165) is 17.4 Å². The molecule has 0 spiro atoms. The van der Waals surface area contributed by atoms with Gasteiger partial charge in [0.1, 0.15) is 0 Å². The number of carboxylic acid groups (broad SMARTS) is 1. The molecule has 1 saturated heterocycles. The van der Waals surface area contributed by atoms with Crippen LogP contribution >= 0.6 is 15.9 Å². The topological polar surface area (TPSA) is 74.7 Å². The van der Waals surface area contributed by atoms with Crippen LogP contribution in [-0.2, 0) is 14.6 Å². The first-order valence-electron chi connectivity index (χ1n) is 6.82. The quantitative estimate of drug-likeness (QED) is 0.851. The molecule has 1 heterocycles. The summed E-state index contributed by atoms with van der Waals surface area (Å²) < 4.78 is 25.3. The lowest BCUT2D eigenvalue weighted by molar-refractivity contribution is -0.143. The van der Waals surface area contributed by atoms with Gasteiger partial charge in [0.25, 0.3) is 0 Å². The molecule has 1 aromatic rings. The Bertz CT molecular complexity index is 600. The smallest absolute Gasteiger partial charge is 0.307 e. The van der Waals surface area contributed by atoms with E-state index < -0.39 is 15.8 Å². The van der Waals surface area contributed by atoms with Crippen LogP contribution in [0.15, 0.2) is 33.6 Å². The predicted molar refractivity (Wildman–Crippen MR) is 83.0 cm³/mol. The van der Waals surface area contributed by atoms with Gasteiger partial charge in [0.2, 0.25) is 0 Å². The van der Waals surface area contributed by atoms with Crippen molar-refractivity contribution in [2.45, 2.75) is 17.7 Å². The molecule has 1 aliphatic rings. The van der Waals surface area contributed by atoms with Crippen molar-refractivity contribution in [3.05, 3.63) is 28.7 Å². The summed E-state index contributed by atoms with van der Waals surface area (Å²) in [6, 6.07) is 6.56. The first kappa shape index (κ1) is 16.5. The third-order valence-electron chi connectivity index (χ3n) is 3.70. The molecule has 21 heavy (non-hydrogen) atoms. The highest BCUT2D eigenvalue weighted by atomic mass is 79.9. The van der Waals surface area contributed by atoms with Crippen molar-refractivity contribution in [1.29, 1.82) is 0 Å². The molecule has 116 valence electrons. The van der Waals surface area contributed by atoms with Gasteiger partial charge in [-0.25, -0.2) is 8.42 Å². The highest BCUT2D eigenvalue weighted by Gasteiger charge is 2.26. The Balaban J connectivity index is 1.95. The van der Waals surface area contributed by atoms with E-state index in [0.29, 0.717) is 24.4 Å². The summed E-state index contributed by atoms with van der Waals surface area (Å²) in [5, 5.41) is 9.04. The van der Waals surface area contributed by atoms with Crippen LogP contribution in [0, 0.1) is 5.92 Å². The van der Waals surface area contributed by atoms with E-state index in [-0.39, 0.29) is 11.7 Å². The maximum atomic E-state index is 12.2. The molecule has 5 nitrogen and oxygen atoms in total. The van der Waals surface area contributed by atoms with Crippen LogP contribution in [0.4, 0.5) is 0 Å². The number of piperidine rings is 1. The number of sulfone groups is 1. The Morgan fingerprint density at radius 3 is 2.62 bits per heavy atom. The monoisotopic (exact) mass is 375 g/mol. The molecular weight excluding hydrogens is 358 g/mol. The van der Waals surface area contributed by atoms with Gasteiger partial charge in [-0.2, -0.15) is 0 Å². The zero-order chi connectivity index (χ0) is 15.5. The molecule has 1 aliphatic heterocycles. The van der Waals surface area contributed by atoms with Crippen LogP contribution in [0.25, 0.3) is 0 Å². The van der Waals surface area contributed by atoms with Crippen molar-refractivity contribution in [3.8, 4) is 0 Å². The predicted octanol–water partition coefficient (Wildman–Crippen LogP) is 2.02. The number of aliphatic carboxylic acids is 1. The first-order valence-corrected chi connectivity index (χ1v) is 9.26. The lowest BCUT2D eigenvalue weighted by atomic mass is 9.98. The van der Waals surface area contributed by atoms with Crippen LogP contribution in [0.1, 0.15) is 12.8 Å². The second-order valence-electron chi connectivity index (χ2n) is 5.25. The molecule has 7 heteroatoms. The van der Waals surface area contributed by atoms with E-state index in [1.165, 1.54) is 0 Å². The van der Waals surface area contributed by atoms with E-state index in [1.807, 2.05) is 4.90 Å². The molecule has 0 radical (unpaired) electrons. The van der Waals surface area contributed by atoms with Gasteiger partial charge in [0.15, 0.2) is 9.84 Å². The van der Waals surface area contributed by atoms with Gasteiger partial charge in [-0.1, -0.05) is 15.9 Å². The van der Waals surface area contributed by atoms with Crippen LogP contribution in [0.5, 0.6) is 0 Å². The fourth-order valence-electron chi connectivity index (χ4n) is 2.47. The van der Waals surface area contributed by atoms with Gasteiger partial charge in [-0.15, -0.1) is 0 Å². The number of likely N-dealkylation sites (tertiary alicyclic amines) is 1. The normalized spacial score (nSPS) is 20.3. The highest BCUT2D eigenvalue weighted by molar-refractivity contribution is 9.10. The number of carbonyl (C=O) groups is 1. The van der Waals surface area contributed by atoms with Gasteiger partial charge in [0.05, 0.1) is 16.6 Å². The second kappa shape index (κ2) is 6.89. The largest absolute Gasteiger partial charge is 0.481 e. The fraction of sp³-hybridized carbons (Fsp3) is 0.500. The maximum Gasteiger partial charge on any atom is 0.307 e. The maximum absolute atomic E-state index is 12.2. The van der Waals surface area contributed by atoms with Gasteiger partial charge in [-0.05, 0) is 43.7 Å². The Morgan fingerprint density at radius 1 is 1.33 bits per heavy atom. The summed E-state index contributed by atoms with van der Waals surface area (Å²) in [5.74, 6) is -1.16. The third-order valence-corrected chi connectivity index (χ3v) is 5.94. The van der Waals surface area contributed by atoms with E-state index in [9.17, 15) is 13.2 Å². The molecule has 1 N–H and O–H groups in total. The summed E-state index contributed by atoms with van der Waals surface area (Å²) in [7, 11) is -3.32. The van der Waals surface area contributed by atoms with E-state index in [2.05, 4.69) is 15.9 Å². The lowest BCUT2D eigenvalue weighted by Gasteiger charge is -2.30. The summed E-state index contributed by atoms with van der Waals surface area (Å²) >= 11 is 3.28. The zero-order valence-electron chi connectivity index (χ0n) is 11.5. The van der Waals surface area contributed by atoms with E-state index in [1.54, 1.807) is 24.3 Å². The van der Waals surface area contributed by atoms with Crippen molar-refractivity contribution in [3.63, 3.8) is 0 Å². The summed E-state index contributed by atoms with van der Waals surface area (Å²) in [6.45, 7) is 1.58. The van der Waals surface area contributed by atoms with Gasteiger partial charge in [0, 0.05) is 17.6 Å². The van der Waals surface area contributed by atoms with Crippen molar-refractivity contribution < 1.29 is 18.3 Å². The number of rotatable bonds is 5. The zero-order valence-corrected chi connectivity index (χ0v) is 13.9. The summed E-state index contributed by atoms with van der Waals surface area (Å²) in [5.41, 5.74) is 0.